The molecular weight excluding hydrogens is 330 g/mol. The van der Waals surface area contributed by atoms with Gasteiger partial charge in [-0.1, -0.05) is 0 Å². The Labute approximate surface area is 143 Å². The van der Waals surface area contributed by atoms with Crippen molar-refractivity contribution in [1.82, 2.24) is 10.2 Å². The van der Waals surface area contributed by atoms with Crippen LogP contribution in [0, 0.1) is 5.92 Å². The van der Waals surface area contributed by atoms with E-state index in [1.807, 2.05) is 4.90 Å². The van der Waals surface area contributed by atoms with Gasteiger partial charge in [-0.05, 0) is 6.92 Å². The Morgan fingerprint density at radius 1 is 1.36 bits per heavy atom. The van der Waals surface area contributed by atoms with Gasteiger partial charge >= 0.3 is 6.09 Å². The van der Waals surface area contributed by atoms with Crippen molar-refractivity contribution in [2.75, 3.05) is 27.4 Å². The van der Waals surface area contributed by atoms with E-state index in [-0.39, 0.29) is 47.2 Å². The molecule has 3 N–H and O–H groups in total. The van der Waals surface area contributed by atoms with E-state index in [0.29, 0.717) is 12.2 Å². The van der Waals surface area contributed by atoms with Gasteiger partial charge in [-0.2, -0.15) is 0 Å². The van der Waals surface area contributed by atoms with Crippen LogP contribution in [0.1, 0.15) is 6.92 Å². The normalized spacial score (nSPS) is 35.6. The Hall–Kier alpha value is -2.39. The molecule has 0 aromatic heterocycles. The molecule has 0 radical (unpaired) electrons. The molecule has 3 heterocycles. The molecule has 4 unspecified atom stereocenters. The maximum absolute atomic E-state index is 13.0. The first-order valence-electron chi connectivity index (χ1n) is 7.98. The van der Waals surface area contributed by atoms with Crippen LogP contribution in [-0.4, -0.2) is 67.7 Å². The number of amides is 1. The summed E-state index contributed by atoms with van der Waals surface area (Å²) in [5.41, 5.74) is 5.09. The standard InChI is InChI=1S/C16H19N3O6/c1-6-11(20)10-9(12(21)13(6)23-2)7(5-25-15(17)22)16(24-3)14-8(4-18-16)19(10)14/h7-8,14,18H,4-5H2,1-3H3,(H2,17,22). The number of fused-ring (bicyclic) bond motifs is 2. The fourth-order valence-corrected chi connectivity index (χ4v) is 4.54. The number of primary amides is 1. The van der Waals surface area contributed by atoms with E-state index >= 15 is 0 Å². The lowest BCUT2D eigenvalue weighted by Gasteiger charge is -2.44. The molecule has 0 saturated carbocycles. The van der Waals surface area contributed by atoms with Crippen LogP contribution in [-0.2, 0) is 23.8 Å². The summed E-state index contributed by atoms with van der Waals surface area (Å²) in [6.07, 6.45) is -0.950. The summed E-state index contributed by atoms with van der Waals surface area (Å²) in [4.78, 5) is 39.0. The van der Waals surface area contributed by atoms with E-state index in [9.17, 15) is 14.4 Å². The van der Waals surface area contributed by atoms with Crippen molar-refractivity contribution in [3.8, 4) is 0 Å². The summed E-state index contributed by atoms with van der Waals surface area (Å²) in [5, 5.41) is 3.29. The molecule has 9 heteroatoms. The minimum Gasteiger partial charge on any atom is -0.492 e. The second-order valence-electron chi connectivity index (χ2n) is 6.56. The second-order valence-corrected chi connectivity index (χ2v) is 6.56. The summed E-state index contributed by atoms with van der Waals surface area (Å²) < 4.78 is 15.9. The number of hydrogen-bond acceptors (Lipinski definition) is 8. The number of nitrogens with two attached hydrogens (primary N) is 1. The molecule has 3 aliphatic heterocycles. The molecule has 1 amide bonds. The number of nitrogens with zero attached hydrogens (tertiary/aromatic N) is 1. The molecule has 1 aliphatic carbocycles. The van der Waals surface area contributed by atoms with Crippen LogP contribution < -0.4 is 11.1 Å². The highest BCUT2D eigenvalue weighted by molar-refractivity contribution is 6.24. The predicted molar refractivity (Wildman–Crippen MR) is 82.9 cm³/mol. The molecule has 134 valence electrons. The van der Waals surface area contributed by atoms with Gasteiger partial charge in [0.2, 0.25) is 11.6 Å². The summed E-state index contributed by atoms with van der Waals surface area (Å²) in [6.45, 7) is 2.03. The van der Waals surface area contributed by atoms with Gasteiger partial charge in [0.1, 0.15) is 6.61 Å². The van der Waals surface area contributed by atoms with Crippen molar-refractivity contribution in [1.29, 1.82) is 0 Å². The van der Waals surface area contributed by atoms with Crippen LogP contribution in [0.3, 0.4) is 0 Å². The van der Waals surface area contributed by atoms with Crippen molar-refractivity contribution in [3.05, 3.63) is 22.6 Å². The number of carbonyl (C=O) groups is 3. The number of carbonyl (C=O) groups excluding carboxylic acids is 3. The third-order valence-corrected chi connectivity index (χ3v) is 5.62. The summed E-state index contributed by atoms with van der Waals surface area (Å²) in [6, 6.07) is -0.0245. The highest BCUT2D eigenvalue weighted by Gasteiger charge is 2.74. The molecule has 9 nitrogen and oxygen atoms in total. The Bertz CT molecular complexity index is 772. The lowest BCUT2D eigenvalue weighted by Crippen LogP contribution is -2.62. The molecular formula is C16H19N3O6. The molecule has 0 aromatic rings. The van der Waals surface area contributed by atoms with Gasteiger partial charge in [0.05, 0.1) is 30.8 Å². The van der Waals surface area contributed by atoms with Crippen molar-refractivity contribution >= 4 is 17.7 Å². The van der Waals surface area contributed by atoms with Gasteiger partial charge in [0.15, 0.2) is 11.5 Å². The van der Waals surface area contributed by atoms with Gasteiger partial charge in [-0.15, -0.1) is 0 Å². The molecule has 2 fully saturated rings. The van der Waals surface area contributed by atoms with Crippen molar-refractivity contribution in [2.24, 2.45) is 11.7 Å². The molecule has 2 saturated heterocycles. The number of piperazine rings is 1. The Morgan fingerprint density at radius 2 is 2.08 bits per heavy atom. The molecule has 0 spiro atoms. The quantitative estimate of drug-likeness (QED) is 0.492. The molecule has 4 aliphatic rings. The highest BCUT2D eigenvalue weighted by atomic mass is 16.6. The maximum atomic E-state index is 13.0. The topological polar surface area (TPSA) is 120 Å². The SMILES string of the molecule is COC1=C(C)C(=O)C2=C(C1=O)C(COC(N)=O)C1(OC)NCC3C1N23. The number of Topliss-reactive ketones (excluding diaryl/α,β-unsaturated/α-hetero) is 2. The van der Waals surface area contributed by atoms with Crippen LogP contribution >= 0.6 is 0 Å². The van der Waals surface area contributed by atoms with E-state index in [1.165, 1.54) is 14.2 Å². The first kappa shape index (κ1) is 16.1. The zero-order valence-electron chi connectivity index (χ0n) is 14.1. The summed E-state index contributed by atoms with van der Waals surface area (Å²) in [5.74, 6) is -1.28. The largest absolute Gasteiger partial charge is 0.492 e. The van der Waals surface area contributed by atoms with Crippen molar-refractivity contribution in [2.45, 2.75) is 24.7 Å². The predicted octanol–water partition coefficient (Wildman–Crippen LogP) is -0.963. The fourth-order valence-electron chi connectivity index (χ4n) is 4.54. The minimum atomic E-state index is -0.950. The van der Waals surface area contributed by atoms with Crippen LogP contribution in [0.5, 0.6) is 0 Å². The fraction of sp³-hybridized carbons (Fsp3) is 0.562. The molecule has 4 atom stereocenters. The zero-order chi connectivity index (χ0) is 18.1. The van der Waals surface area contributed by atoms with Crippen LogP contribution in [0.2, 0.25) is 0 Å². The van der Waals surface area contributed by atoms with E-state index in [2.05, 4.69) is 5.32 Å². The Morgan fingerprint density at radius 3 is 2.68 bits per heavy atom. The first-order valence-corrected chi connectivity index (χ1v) is 7.98. The maximum Gasteiger partial charge on any atom is 0.404 e. The number of nitrogens with one attached hydrogen (secondary N) is 1. The Kier molecular flexibility index (Phi) is 3.26. The number of allylic oxidation sites excluding steroid dienone is 2. The summed E-state index contributed by atoms with van der Waals surface area (Å²) >= 11 is 0. The zero-order valence-corrected chi connectivity index (χ0v) is 14.1. The average Bonchev–Trinajstić information content (AvgIpc) is 3.17. The number of hydrogen-bond donors (Lipinski definition) is 2. The van der Waals surface area contributed by atoms with Gasteiger partial charge in [-0.25, -0.2) is 4.79 Å². The first-order chi connectivity index (χ1) is 11.9. The van der Waals surface area contributed by atoms with Crippen LogP contribution in [0.15, 0.2) is 22.6 Å². The van der Waals surface area contributed by atoms with E-state index in [0.717, 1.165) is 0 Å². The van der Waals surface area contributed by atoms with Gasteiger partial charge < -0.3 is 24.8 Å². The summed E-state index contributed by atoms with van der Waals surface area (Å²) in [7, 11) is 2.88. The average molecular weight is 349 g/mol. The number of methoxy groups -OCH3 is 2. The Balaban J connectivity index is 1.86. The molecule has 0 bridgehead atoms. The monoisotopic (exact) mass is 349 g/mol. The smallest absolute Gasteiger partial charge is 0.404 e. The number of rotatable bonds is 4. The lowest BCUT2D eigenvalue weighted by molar-refractivity contribution is -0.128. The highest BCUT2D eigenvalue weighted by Crippen LogP contribution is 2.56. The second kappa shape index (κ2) is 5.06. The lowest BCUT2D eigenvalue weighted by atomic mass is 9.76. The van der Waals surface area contributed by atoms with Crippen molar-refractivity contribution in [3.63, 3.8) is 0 Å². The number of ether oxygens (including phenoxy) is 3. The minimum absolute atomic E-state index is 0.00949. The third kappa shape index (κ3) is 1.82. The molecule has 4 rings (SSSR count). The molecule has 0 aromatic carbocycles. The van der Waals surface area contributed by atoms with Crippen LogP contribution in [0.4, 0.5) is 4.79 Å². The number of ketones is 2. The van der Waals surface area contributed by atoms with Gasteiger partial charge in [0.25, 0.3) is 0 Å². The van der Waals surface area contributed by atoms with E-state index in [4.69, 9.17) is 19.9 Å². The van der Waals surface area contributed by atoms with Gasteiger partial charge in [-0.3, -0.25) is 14.9 Å². The van der Waals surface area contributed by atoms with Crippen LogP contribution in [0.25, 0.3) is 0 Å². The van der Waals surface area contributed by atoms with E-state index < -0.39 is 17.7 Å². The van der Waals surface area contributed by atoms with E-state index in [1.54, 1.807) is 6.92 Å². The van der Waals surface area contributed by atoms with Crippen molar-refractivity contribution < 1.29 is 28.6 Å². The third-order valence-electron chi connectivity index (χ3n) is 5.62. The van der Waals surface area contributed by atoms with Gasteiger partial charge in [0, 0.05) is 24.8 Å². The molecule has 25 heavy (non-hydrogen) atoms.